The van der Waals surface area contributed by atoms with Crippen LogP contribution < -0.4 is 5.32 Å². The van der Waals surface area contributed by atoms with Crippen molar-refractivity contribution in [1.82, 2.24) is 9.80 Å². The summed E-state index contributed by atoms with van der Waals surface area (Å²) in [6, 6.07) is 12.8. The van der Waals surface area contributed by atoms with Gasteiger partial charge in [-0.2, -0.15) is 0 Å². The van der Waals surface area contributed by atoms with E-state index in [-0.39, 0.29) is 17.7 Å². The zero-order valence-corrected chi connectivity index (χ0v) is 18.9. The molecule has 1 fully saturated rings. The second kappa shape index (κ2) is 9.55. The minimum atomic E-state index is -0.509. The first kappa shape index (κ1) is 22.1. The summed E-state index contributed by atoms with van der Waals surface area (Å²) in [5, 5.41) is 2.89. The van der Waals surface area contributed by atoms with Crippen LogP contribution in [0.2, 0.25) is 0 Å². The van der Waals surface area contributed by atoms with Gasteiger partial charge in [0.05, 0.1) is 0 Å². The molecule has 2 aliphatic heterocycles. The molecule has 3 amide bonds. The van der Waals surface area contributed by atoms with E-state index in [2.05, 4.69) is 5.32 Å². The first-order valence-corrected chi connectivity index (χ1v) is 11.5. The second-order valence-electron chi connectivity index (χ2n) is 8.79. The van der Waals surface area contributed by atoms with Gasteiger partial charge < -0.3 is 15.1 Å². The monoisotopic (exact) mass is 433 g/mol. The molecular formula is C26H31N3O3. The first-order chi connectivity index (χ1) is 15.5. The van der Waals surface area contributed by atoms with Gasteiger partial charge in [0.25, 0.3) is 5.91 Å². The Balaban J connectivity index is 1.65. The third-order valence-corrected chi connectivity index (χ3v) is 6.45. The van der Waals surface area contributed by atoms with E-state index >= 15 is 0 Å². The lowest BCUT2D eigenvalue weighted by Gasteiger charge is -2.39. The van der Waals surface area contributed by atoms with Gasteiger partial charge in [-0.25, -0.2) is 0 Å². The van der Waals surface area contributed by atoms with Crippen LogP contribution in [-0.2, 0) is 22.6 Å². The minimum Gasteiger partial charge on any atom is -0.341 e. The number of rotatable bonds is 4. The Hall–Kier alpha value is -3.15. The fourth-order valence-electron chi connectivity index (χ4n) is 4.53. The van der Waals surface area contributed by atoms with E-state index in [1.54, 1.807) is 4.90 Å². The quantitative estimate of drug-likeness (QED) is 0.795. The van der Waals surface area contributed by atoms with Crippen LogP contribution in [0.1, 0.15) is 59.7 Å². The lowest BCUT2D eigenvalue weighted by Crippen LogP contribution is -2.54. The van der Waals surface area contributed by atoms with Crippen LogP contribution in [0.4, 0.5) is 5.69 Å². The van der Waals surface area contributed by atoms with Crippen LogP contribution in [0.5, 0.6) is 0 Å². The van der Waals surface area contributed by atoms with Gasteiger partial charge in [-0.1, -0.05) is 30.7 Å². The number of amides is 3. The van der Waals surface area contributed by atoms with Gasteiger partial charge in [0.2, 0.25) is 11.8 Å². The highest BCUT2D eigenvalue weighted by Crippen LogP contribution is 2.29. The van der Waals surface area contributed by atoms with Crippen molar-refractivity contribution in [2.45, 2.75) is 58.5 Å². The van der Waals surface area contributed by atoms with Crippen LogP contribution in [-0.4, -0.2) is 46.7 Å². The molecule has 1 N–H and O–H groups in total. The summed E-state index contributed by atoms with van der Waals surface area (Å²) < 4.78 is 0. The van der Waals surface area contributed by atoms with Crippen molar-refractivity contribution in [3.8, 4) is 0 Å². The normalized spacial score (nSPS) is 18.1. The molecule has 0 bridgehead atoms. The summed E-state index contributed by atoms with van der Waals surface area (Å²) in [6.07, 6.45) is 4.07. The summed E-state index contributed by atoms with van der Waals surface area (Å²) >= 11 is 0. The third kappa shape index (κ3) is 4.69. The minimum absolute atomic E-state index is 0.0409. The molecule has 168 valence electrons. The Kier molecular flexibility index (Phi) is 6.58. The summed E-state index contributed by atoms with van der Waals surface area (Å²) in [5.41, 5.74) is 4.43. The maximum Gasteiger partial charge on any atom is 0.254 e. The summed E-state index contributed by atoms with van der Waals surface area (Å²) in [4.78, 5) is 42.5. The fourth-order valence-corrected chi connectivity index (χ4v) is 4.53. The number of fused-ring (bicyclic) bond motifs is 1. The van der Waals surface area contributed by atoms with Crippen molar-refractivity contribution in [3.05, 3.63) is 64.7 Å². The van der Waals surface area contributed by atoms with E-state index in [0.717, 1.165) is 54.7 Å². The SMILES string of the molecule is CCC(=O)Nc1ccc2c(c1)CN(C(=O)c1ccc(C)cc1)C(C(=O)N1CCCCC1)C2. The van der Waals surface area contributed by atoms with Gasteiger partial charge in [-0.15, -0.1) is 0 Å². The number of benzene rings is 2. The highest BCUT2D eigenvalue weighted by atomic mass is 16.2. The van der Waals surface area contributed by atoms with Gasteiger partial charge in [-0.05, 0) is 61.6 Å². The molecule has 4 rings (SSSR count). The standard InChI is InChI=1S/C26H31N3O3/c1-3-24(30)27-22-12-11-20-16-23(26(32)28-13-5-4-6-14-28)29(17-21(20)15-22)25(31)19-9-7-18(2)8-10-19/h7-12,15,23H,3-6,13-14,16-17H2,1-2H3,(H,27,30). The zero-order valence-electron chi connectivity index (χ0n) is 18.9. The second-order valence-corrected chi connectivity index (χ2v) is 8.79. The Bertz CT molecular complexity index is 1010. The predicted molar refractivity (Wildman–Crippen MR) is 124 cm³/mol. The molecule has 1 saturated heterocycles. The molecule has 1 atom stereocenters. The number of carbonyl (C=O) groups is 3. The van der Waals surface area contributed by atoms with E-state index in [4.69, 9.17) is 0 Å². The summed E-state index contributed by atoms with van der Waals surface area (Å²) in [6.45, 7) is 5.67. The van der Waals surface area contributed by atoms with E-state index in [9.17, 15) is 14.4 Å². The number of likely N-dealkylation sites (tertiary alicyclic amines) is 1. The molecule has 2 heterocycles. The molecule has 2 aliphatic rings. The molecule has 0 saturated carbocycles. The Morgan fingerprint density at radius 1 is 0.969 bits per heavy atom. The van der Waals surface area contributed by atoms with Crippen LogP contribution >= 0.6 is 0 Å². The van der Waals surface area contributed by atoms with E-state index in [0.29, 0.717) is 24.9 Å². The number of carbonyl (C=O) groups excluding carboxylic acids is 3. The Labute approximate surface area is 189 Å². The van der Waals surface area contributed by atoms with E-state index in [1.165, 1.54) is 0 Å². The largest absolute Gasteiger partial charge is 0.341 e. The molecule has 6 nitrogen and oxygen atoms in total. The molecule has 0 aromatic heterocycles. The maximum absolute atomic E-state index is 13.5. The predicted octanol–water partition coefficient (Wildman–Crippen LogP) is 3.92. The van der Waals surface area contributed by atoms with Crippen molar-refractivity contribution in [1.29, 1.82) is 0 Å². The molecule has 0 radical (unpaired) electrons. The Morgan fingerprint density at radius 2 is 1.69 bits per heavy atom. The fraction of sp³-hybridized carbons (Fsp3) is 0.423. The first-order valence-electron chi connectivity index (χ1n) is 11.5. The van der Waals surface area contributed by atoms with Crippen molar-refractivity contribution < 1.29 is 14.4 Å². The topological polar surface area (TPSA) is 69.7 Å². The van der Waals surface area contributed by atoms with Crippen LogP contribution in [0.3, 0.4) is 0 Å². The number of nitrogens with one attached hydrogen (secondary N) is 1. The van der Waals surface area contributed by atoms with Crippen molar-refractivity contribution >= 4 is 23.4 Å². The van der Waals surface area contributed by atoms with Crippen molar-refractivity contribution in [2.75, 3.05) is 18.4 Å². The van der Waals surface area contributed by atoms with Gasteiger partial charge in [-0.3, -0.25) is 14.4 Å². The number of hydrogen-bond acceptors (Lipinski definition) is 3. The number of aryl methyl sites for hydroxylation is 1. The van der Waals surface area contributed by atoms with Gasteiger partial charge in [0.15, 0.2) is 0 Å². The number of piperidine rings is 1. The van der Waals surface area contributed by atoms with Gasteiger partial charge in [0, 0.05) is 43.7 Å². The van der Waals surface area contributed by atoms with Crippen molar-refractivity contribution in [3.63, 3.8) is 0 Å². The van der Waals surface area contributed by atoms with E-state index in [1.807, 2.05) is 61.2 Å². The highest BCUT2D eigenvalue weighted by Gasteiger charge is 2.37. The lowest BCUT2D eigenvalue weighted by molar-refractivity contribution is -0.137. The average molecular weight is 434 g/mol. The summed E-state index contributed by atoms with van der Waals surface area (Å²) in [7, 11) is 0. The molecule has 2 aromatic rings. The molecule has 6 heteroatoms. The average Bonchev–Trinajstić information content (AvgIpc) is 2.83. The third-order valence-electron chi connectivity index (χ3n) is 6.45. The molecule has 2 aromatic carbocycles. The molecule has 32 heavy (non-hydrogen) atoms. The van der Waals surface area contributed by atoms with Gasteiger partial charge in [0.1, 0.15) is 6.04 Å². The van der Waals surface area contributed by atoms with Crippen LogP contribution in [0.15, 0.2) is 42.5 Å². The molecule has 0 spiro atoms. The number of hydrogen-bond donors (Lipinski definition) is 1. The number of anilines is 1. The summed E-state index contributed by atoms with van der Waals surface area (Å²) in [5.74, 6) is -0.139. The molecular weight excluding hydrogens is 402 g/mol. The highest BCUT2D eigenvalue weighted by molar-refractivity contribution is 5.98. The van der Waals surface area contributed by atoms with Crippen molar-refractivity contribution in [2.24, 2.45) is 0 Å². The maximum atomic E-state index is 13.5. The van der Waals surface area contributed by atoms with Crippen LogP contribution in [0.25, 0.3) is 0 Å². The van der Waals surface area contributed by atoms with Crippen LogP contribution in [0, 0.1) is 6.92 Å². The lowest BCUT2D eigenvalue weighted by atomic mass is 9.91. The number of nitrogens with zero attached hydrogens (tertiary/aromatic N) is 2. The Morgan fingerprint density at radius 3 is 2.38 bits per heavy atom. The zero-order chi connectivity index (χ0) is 22.7. The van der Waals surface area contributed by atoms with E-state index < -0.39 is 6.04 Å². The molecule has 0 aliphatic carbocycles. The smallest absolute Gasteiger partial charge is 0.254 e. The molecule has 1 unspecified atom stereocenters. The van der Waals surface area contributed by atoms with Gasteiger partial charge >= 0.3 is 0 Å².